The normalized spacial score (nSPS) is 25.2. The first-order chi connectivity index (χ1) is 17.5. The van der Waals surface area contributed by atoms with E-state index in [1.54, 1.807) is 18.1 Å². The largest absolute Gasteiger partial charge is 0.496 e. The summed E-state index contributed by atoms with van der Waals surface area (Å²) in [6.45, 7) is 6.67. The van der Waals surface area contributed by atoms with Crippen molar-refractivity contribution in [3.05, 3.63) is 55.0 Å². The van der Waals surface area contributed by atoms with Crippen molar-refractivity contribution in [3.63, 3.8) is 0 Å². The van der Waals surface area contributed by atoms with E-state index < -0.39 is 0 Å². The number of hydrogen-bond donors (Lipinski definition) is 1. The zero-order valence-corrected chi connectivity index (χ0v) is 23.6. The van der Waals surface area contributed by atoms with Crippen LogP contribution in [0.2, 0.25) is 5.02 Å². The maximum Gasteiger partial charge on any atom is 0.256 e. The fourth-order valence-electron chi connectivity index (χ4n) is 6.70. The number of nitrogens with one attached hydrogen (secondary N) is 1. The summed E-state index contributed by atoms with van der Waals surface area (Å²) in [7, 11) is 5.86. The summed E-state index contributed by atoms with van der Waals surface area (Å²) in [4.78, 5) is 33.3. The van der Waals surface area contributed by atoms with E-state index >= 15 is 0 Å². The highest BCUT2D eigenvalue weighted by Crippen LogP contribution is 2.50. The van der Waals surface area contributed by atoms with Crippen molar-refractivity contribution in [3.8, 4) is 11.5 Å². The Morgan fingerprint density at radius 2 is 1.89 bits per heavy atom. The predicted octanol–water partition coefficient (Wildman–Crippen LogP) is 4.67. The van der Waals surface area contributed by atoms with Crippen LogP contribution in [-0.4, -0.2) is 60.1 Å². The quantitative estimate of drug-likeness (QED) is 0.612. The van der Waals surface area contributed by atoms with Crippen molar-refractivity contribution in [1.82, 2.24) is 14.8 Å². The number of benzene rings is 1. The molecule has 0 radical (unpaired) electrons. The SMILES string of the molecule is COc1cc(C)[nH]c(=O)c1CN1CCc2c(Cl)c3c(c(C)c2C1=O)O[C@](C)(C1CCC(N(C)C)CC1)C3. The topological polar surface area (TPSA) is 74.9 Å². The molecule has 2 aromatic rings. The van der Waals surface area contributed by atoms with Gasteiger partial charge in [0.05, 0.1) is 29.8 Å². The van der Waals surface area contributed by atoms with E-state index in [-0.39, 0.29) is 23.6 Å². The van der Waals surface area contributed by atoms with Gasteiger partial charge in [0, 0.05) is 35.8 Å². The van der Waals surface area contributed by atoms with Crippen LogP contribution in [0.4, 0.5) is 0 Å². The van der Waals surface area contributed by atoms with Gasteiger partial charge in [-0.1, -0.05) is 11.6 Å². The molecule has 200 valence electrons. The number of H-pyrrole nitrogens is 1. The number of ether oxygens (including phenoxy) is 2. The third-order valence-electron chi connectivity index (χ3n) is 8.91. The Hall–Kier alpha value is -2.51. The molecule has 0 unspecified atom stereocenters. The van der Waals surface area contributed by atoms with Crippen LogP contribution in [0.1, 0.15) is 70.9 Å². The number of carbonyl (C=O) groups is 1. The lowest BCUT2D eigenvalue weighted by Crippen LogP contribution is -2.44. The lowest BCUT2D eigenvalue weighted by molar-refractivity contribution is 0.0158. The molecule has 3 heterocycles. The van der Waals surface area contributed by atoms with Crippen LogP contribution >= 0.6 is 11.6 Å². The second-order valence-electron chi connectivity index (χ2n) is 11.5. The first-order valence-electron chi connectivity index (χ1n) is 13.3. The van der Waals surface area contributed by atoms with Crippen LogP contribution < -0.4 is 15.0 Å². The molecule has 1 saturated carbocycles. The standard InChI is InChI=1S/C29H38ClN3O4/c1-16-13-23(36-6)22(27(34)31-16)15-33-12-11-20-24(28(33)35)17(2)26-21(25(20)30)14-29(3,37-26)18-7-9-19(10-8-18)32(4)5/h13,18-19H,7-12,14-15H2,1-6H3,(H,31,34)/t18?,19?,29-/m0/s1. The second kappa shape index (κ2) is 9.66. The molecule has 1 N–H and O–H groups in total. The summed E-state index contributed by atoms with van der Waals surface area (Å²) in [6, 6.07) is 2.42. The molecule has 1 aliphatic carbocycles. The maximum absolute atomic E-state index is 13.8. The third-order valence-corrected chi connectivity index (χ3v) is 9.36. The molecular weight excluding hydrogens is 490 g/mol. The van der Waals surface area contributed by atoms with Crippen LogP contribution in [0.15, 0.2) is 10.9 Å². The van der Waals surface area contributed by atoms with E-state index in [1.165, 1.54) is 12.8 Å². The van der Waals surface area contributed by atoms with E-state index in [0.717, 1.165) is 47.4 Å². The van der Waals surface area contributed by atoms with E-state index in [4.69, 9.17) is 21.1 Å². The minimum absolute atomic E-state index is 0.117. The van der Waals surface area contributed by atoms with E-state index in [9.17, 15) is 9.59 Å². The fourth-order valence-corrected chi connectivity index (χ4v) is 7.04. The van der Waals surface area contributed by atoms with E-state index in [0.29, 0.717) is 46.8 Å². The molecule has 5 rings (SSSR count). The van der Waals surface area contributed by atoms with Gasteiger partial charge in [0.25, 0.3) is 11.5 Å². The molecule has 7 nitrogen and oxygen atoms in total. The highest BCUT2D eigenvalue weighted by Gasteiger charge is 2.46. The molecule has 8 heteroatoms. The Bertz CT molecular complexity index is 1300. The Morgan fingerprint density at radius 3 is 2.54 bits per heavy atom. The molecule has 0 spiro atoms. The van der Waals surface area contributed by atoms with Gasteiger partial charge in [-0.05, 0) is 84.5 Å². The van der Waals surface area contributed by atoms with Crippen molar-refractivity contribution in [1.29, 1.82) is 0 Å². The van der Waals surface area contributed by atoms with Gasteiger partial charge in [-0.25, -0.2) is 0 Å². The van der Waals surface area contributed by atoms with Crippen molar-refractivity contribution in [2.24, 2.45) is 5.92 Å². The molecule has 1 amide bonds. The highest BCUT2D eigenvalue weighted by atomic mass is 35.5. The molecule has 0 saturated heterocycles. The van der Waals surface area contributed by atoms with Crippen LogP contribution in [0.25, 0.3) is 0 Å². The smallest absolute Gasteiger partial charge is 0.256 e. The predicted molar refractivity (Wildman–Crippen MR) is 145 cm³/mol. The van der Waals surface area contributed by atoms with Gasteiger partial charge in [0.15, 0.2) is 0 Å². The van der Waals surface area contributed by atoms with Crippen molar-refractivity contribution < 1.29 is 14.3 Å². The number of halogens is 1. The molecule has 0 bridgehead atoms. The molecule has 1 aromatic carbocycles. The molecule has 1 aromatic heterocycles. The monoisotopic (exact) mass is 527 g/mol. The van der Waals surface area contributed by atoms with Crippen molar-refractivity contribution in [2.45, 2.75) is 77.5 Å². The highest BCUT2D eigenvalue weighted by molar-refractivity contribution is 6.33. The maximum atomic E-state index is 13.8. The Morgan fingerprint density at radius 1 is 1.19 bits per heavy atom. The van der Waals surface area contributed by atoms with Gasteiger partial charge in [-0.15, -0.1) is 0 Å². The first kappa shape index (κ1) is 26.1. The van der Waals surface area contributed by atoms with Gasteiger partial charge in [-0.3, -0.25) is 9.59 Å². The average molecular weight is 528 g/mol. The lowest BCUT2D eigenvalue weighted by Gasteiger charge is -2.40. The number of methoxy groups -OCH3 is 1. The fraction of sp³-hybridized carbons (Fsp3) is 0.586. The van der Waals surface area contributed by atoms with Crippen LogP contribution in [0.5, 0.6) is 11.5 Å². The molecule has 3 aliphatic rings. The summed E-state index contributed by atoms with van der Waals surface area (Å²) < 4.78 is 12.2. The Kier molecular flexibility index (Phi) is 6.82. The van der Waals surface area contributed by atoms with Crippen LogP contribution in [0, 0.1) is 19.8 Å². The Labute approximate surface area is 224 Å². The van der Waals surface area contributed by atoms with Gasteiger partial charge < -0.3 is 24.3 Å². The van der Waals surface area contributed by atoms with E-state index in [1.807, 2.05) is 13.8 Å². The van der Waals surface area contributed by atoms with Crippen molar-refractivity contribution in [2.75, 3.05) is 27.7 Å². The number of fused-ring (bicyclic) bond motifs is 2. The zero-order chi connectivity index (χ0) is 26.6. The number of hydrogen-bond acceptors (Lipinski definition) is 5. The van der Waals surface area contributed by atoms with Crippen LogP contribution in [0.3, 0.4) is 0 Å². The number of carbonyl (C=O) groups excluding carboxylic acids is 1. The lowest BCUT2D eigenvalue weighted by atomic mass is 9.74. The summed E-state index contributed by atoms with van der Waals surface area (Å²) in [5.74, 6) is 1.61. The number of aryl methyl sites for hydroxylation is 1. The van der Waals surface area contributed by atoms with Gasteiger partial charge in [0.2, 0.25) is 0 Å². The van der Waals surface area contributed by atoms with E-state index in [2.05, 4.69) is 30.9 Å². The minimum atomic E-state index is -0.316. The summed E-state index contributed by atoms with van der Waals surface area (Å²) in [5.41, 5.74) is 4.06. The van der Waals surface area contributed by atoms with Crippen molar-refractivity contribution >= 4 is 17.5 Å². The number of rotatable bonds is 5. The molecule has 1 atom stereocenters. The summed E-state index contributed by atoms with van der Waals surface area (Å²) in [6.07, 6.45) is 6.02. The molecule has 2 aliphatic heterocycles. The number of aromatic amines is 1. The number of nitrogens with zero attached hydrogens (tertiary/aromatic N) is 2. The number of aromatic nitrogens is 1. The zero-order valence-electron chi connectivity index (χ0n) is 22.8. The summed E-state index contributed by atoms with van der Waals surface area (Å²) in [5, 5.41) is 0.681. The number of pyridine rings is 1. The second-order valence-corrected chi connectivity index (χ2v) is 11.8. The minimum Gasteiger partial charge on any atom is -0.496 e. The average Bonchev–Trinajstić information content (AvgIpc) is 3.24. The molecular formula is C29H38ClN3O4. The van der Waals surface area contributed by atoms with Gasteiger partial charge >= 0.3 is 0 Å². The van der Waals surface area contributed by atoms with Crippen LogP contribution in [-0.2, 0) is 19.4 Å². The Balaban J connectivity index is 1.43. The third kappa shape index (κ3) is 4.44. The van der Waals surface area contributed by atoms with Gasteiger partial charge in [-0.2, -0.15) is 0 Å². The number of amides is 1. The summed E-state index contributed by atoms with van der Waals surface area (Å²) >= 11 is 7.01. The molecule has 37 heavy (non-hydrogen) atoms. The molecule has 1 fully saturated rings. The first-order valence-corrected chi connectivity index (χ1v) is 13.7. The van der Waals surface area contributed by atoms with Gasteiger partial charge in [0.1, 0.15) is 17.1 Å².